The van der Waals surface area contributed by atoms with Gasteiger partial charge in [0, 0.05) is 25.2 Å². The van der Waals surface area contributed by atoms with Crippen molar-refractivity contribution in [3.05, 3.63) is 70.8 Å². The smallest absolute Gasteiger partial charge is 0.261 e. The molecule has 5 heteroatoms. The Bertz CT molecular complexity index is 962. The van der Waals surface area contributed by atoms with E-state index in [0.717, 1.165) is 11.3 Å². The van der Waals surface area contributed by atoms with Gasteiger partial charge in [0.1, 0.15) is 0 Å². The van der Waals surface area contributed by atoms with Crippen molar-refractivity contribution in [3.63, 3.8) is 0 Å². The molecule has 3 aromatic rings. The highest BCUT2D eigenvalue weighted by Gasteiger charge is 2.16. The van der Waals surface area contributed by atoms with Gasteiger partial charge in [-0.15, -0.1) is 0 Å². The summed E-state index contributed by atoms with van der Waals surface area (Å²) in [5.74, 6) is -0.00291. The van der Waals surface area contributed by atoms with Crippen LogP contribution in [0.3, 0.4) is 0 Å². The zero-order chi connectivity index (χ0) is 17.8. The normalized spacial score (nSPS) is 10.8. The average molecular weight is 335 g/mol. The van der Waals surface area contributed by atoms with Crippen LogP contribution in [-0.4, -0.2) is 22.0 Å². The van der Waals surface area contributed by atoms with Gasteiger partial charge in [-0.05, 0) is 37.6 Å². The number of amides is 1. The van der Waals surface area contributed by atoms with E-state index in [-0.39, 0.29) is 17.9 Å². The average Bonchev–Trinajstić information content (AvgIpc) is 2.63. The Hall–Kier alpha value is -2.95. The van der Waals surface area contributed by atoms with E-state index < -0.39 is 0 Å². The molecule has 0 fully saturated rings. The van der Waals surface area contributed by atoms with Gasteiger partial charge in [-0.1, -0.05) is 30.3 Å². The number of carbonyl (C=O) groups excluding carboxylic acids is 1. The summed E-state index contributed by atoms with van der Waals surface area (Å²) >= 11 is 0. The van der Waals surface area contributed by atoms with Gasteiger partial charge in [-0.2, -0.15) is 0 Å². The lowest BCUT2D eigenvalue weighted by Gasteiger charge is -2.23. The van der Waals surface area contributed by atoms with Crippen LogP contribution in [0.4, 0.5) is 5.69 Å². The summed E-state index contributed by atoms with van der Waals surface area (Å²) in [6, 6.07) is 15.1. The summed E-state index contributed by atoms with van der Waals surface area (Å²) < 4.78 is 1.51. The van der Waals surface area contributed by atoms with E-state index in [4.69, 9.17) is 0 Å². The fourth-order valence-electron chi connectivity index (χ4n) is 2.96. The van der Waals surface area contributed by atoms with Crippen LogP contribution in [0.15, 0.2) is 59.7 Å². The van der Waals surface area contributed by atoms with Crippen LogP contribution in [0.5, 0.6) is 0 Å². The third-order valence-corrected chi connectivity index (χ3v) is 4.32. The molecule has 128 valence electrons. The molecule has 0 saturated carbocycles. The van der Waals surface area contributed by atoms with Gasteiger partial charge >= 0.3 is 0 Å². The number of fused-ring (bicyclic) bond motifs is 1. The molecule has 0 aliphatic carbocycles. The SMILES string of the molecule is CCN(C(=O)CCn1cnc2ccccc2c1=O)c1ccccc1C. The Morgan fingerprint density at radius 2 is 1.84 bits per heavy atom. The summed E-state index contributed by atoms with van der Waals surface area (Å²) in [6.07, 6.45) is 1.77. The third-order valence-electron chi connectivity index (χ3n) is 4.32. The minimum Gasteiger partial charge on any atom is -0.312 e. The number of hydrogen-bond acceptors (Lipinski definition) is 3. The highest BCUT2D eigenvalue weighted by atomic mass is 16.2. The van der Waals surface area contributed by atoms with Crippen LogP contribution >= 0.6 is 0 Å². The maximum absolute atomic E-state index is 12.7. The van der Waals surface area contributed by atoms with Crippen molar-refractivity contribution in [3.8, 4) is 0 Å². The zero-order valence-corrected chi connectivity index (χ0v) is 14.5. The summed E-state index contributed by atoms with van der Waals surface area (Å²) in [6.45, 7) is 4.85. The molecule has 1 heterocycles. The number of aryl methyl sites for hydroxylation is 2. The standard InChI is InChI=1S/C20H21N3O2/c1-3-23(18-11-7-4-8-15(18)2)19(24)12-13-22-14-21-17-10-6-5-9-16(17)20(22)25/h4-11,14H,3,12-13H2,1-2H3. The van der Waals surface area contributed by atoms with E-state index in [0.29, 0.717) is 24.0 Å². The first-order valence-corrected chi connectivity index (χ1v) is 8.42. The highest BCUT2D eigenvalue weighted by Crippen LogP contribution is 2.20. The lowest BCUT2D eigenvalue weighted by molar-refractivity contribution is -0.118. The number of hydrogen-bond donors (Lipinski definition) is 0. The minimum atomic E-state index is -0.114. The molecule has 3 rings (SSSR count). The molecule has 1 amide bonds. The molecule has 0 N–H and O–H groups in total. The molecule has 0 unspecified atom stereocenters. The van der Waals surface area contributed by atoms with Crippen molar-refractivity contribution >= 4 is 22.5 Å². The second kappa shape index (κ2) is 7.30. The van der Waals surface area contributed by atoms with Gasteiger partial charge < -0.3 is 4.90 Å². The monoisotopic (exact) mass is 335 g/mol. The van der Waals surface area contributed by atoms with E-state index in [1.54, 1.807) is 11.0 Å². The molecular formula is C20H21N3O2. The molecule has 0 saturated heterocycles. The van der Waals surface area contributed by atoms with Crippen molar-refractivity contribution in [1.29, 1.82) is 0 Å². The Morgan fingerprint density at radius 3 is 2.60 bits per heavy atom. The Labute approximate surface area is 146 Å². The predicted molar refractivity (Wildman–Crippen MR) is 99.8 cm³/mol. The molecule has 0 bridgehead atoms. The van der Waals surface area contributed by atoms with Crippen LogP contribution in [0, 0.1) is 6.92 Å². The van der Waals surface area contributed by atoms with Crippen LogP contribution in [0.25, 0.3) is 10.9 Å². The number of rotatable bonds is 5. The van der Waals surface area contributed by atoms with Crippen LogP contribution < -0.4 is 10.5 Å². The second-order valence-corrected chi connectivity index (χ2v) is 5.93. The molecule has 0 spiro atoms. The molecule has 0 aliphatic heterocycles. The number of para-hydroxylation sites is 2. The summed E-state index contributed by atoms with van der Waals surface area (Å²) in [7, 11) is 0. The Kier molecular flexibility index (Phi) is 4.93. The topological polar surface area (TPSA) is 55.2 Å². The number of anilines is 1. The largest absolute Gasteiger partial charge is 0.312 e. The van der Waals surface area contributed by atoms with Gasteiger partial charge in [0.05, 0.1) is 17.2 Å². The number of carbonyl (C=O) groups is 1. The maximum Gasteiger partial charge on any atom is 0.261 e. The number of aromatic nitrogens is 2. The molecular weight excluding hydrogens is 314 g/mol. The van der Waals surface area contributed by atoms with Crippen molar-refractivity contribution in [2.75, 3.05) is 11.4 Å². The lowest BCUT2D eigenvalue weighted by atomic mass is 10.1. The molecule has 1 aromatic heterocycles. The Morgan fingerprint density at radius 1 is 1.12 bits per heavy atom. The zero-order valence-electron chi connectivity index (χ0n) is 14.5. The first kappa shape index (κ1) is 16.9. The predicted octanol–water partition coefficient (Wildman–Crippen LogP) is 3.15. The molecule has 2 aromatic carbocycles. The van der Waals surface area contributed by atoms with Crippen molar-refractivity contribution < 1.29 is 4.79 Å². The first-order valence-electron chi connectivity index (χ1n) is 8.42. The van der Waals surface area contributed by atoms with Crippen LogP contribution in [0.1, 0.15) is 18.9 Å². The second-order valence-electron chi connectivity index (χ2n) is 5.93. The molecule has 25 heavy (non-hydrogen) atoms. The van der Waals surface area contributed by atoms with E-state index >= 15 is 0 Å². The van der Waals surface area contributed by atoms with Crippen molar-refractivity contribution in [2.24, 2.45) is 0 Å². The fraction of sp³-hybridized carbons (Fsp3) is 0.250. The van der Waals surface area contributed by atoms with Gasteiger partial charge in [-0.25, -0.2) is 4.98 Å². The third kappa shape index (κ3) is 3.45. The van der Waals surface area contributed by atoms with Gasteiger partial charge in [-0.3, -0.25) is 14.2 Å². The highest BCUT2D eigenvalue weighted by molar-refractivity contribution is 5.94. The minimum absolute atomic E-state index is 0.00291. The van der Waals surface area contributed by atoms with Gasteiger partial charge in [0.2, 0.25) is 5.91 Å². The molecule has 0 atom stereocenters. The Balaban J connectivity index is 1.79. The lowest BCUT2D eigenvalue weighted by Crippen LogP contribution is -2.33. The van der Waals surface area contributed by atoms with E-state index in [1.165, 1.54) is 10.9 Å². The van der Waals surface area contributed by atoms with Crippen LogP contribution in [-0.2, 0) is 11.3 Å². The van der Waals surface area contributed by atoms with Gasteiger partial charge in [0.15, 0.2) is 0 Å². The van der Waals surface area contributed by atoms with E-state index in [9.17, 15) is 9.59 Å². The number of nitrogens with zero attached hydrogens (tertiary/aromatic N) is 3. The molecule has 0 aliphatic rings. The summed E-state index contributed by atoms with van der Waals surface area (Å²) in [5.41, 5.74) is 2.53. The maximum atomic E-state index is 12.7. The fourth-order valence-corrected chi connectivity index (χ4v) is 2.96. The van der Waals surface area contributed by atoms with E-state index in [1.807, 2.05) is 56.3 Å². The summed E-state index contributed by atoms with van der Waals surface area (Å²) in [4.78, 5) is 31.2. The molecule has 0 radical (unpaired) electrons. The van der Waals surface area contributed by atoms with Crippen molar-refractivity contribution in [1.82, 2.24) is 9.55 Å². The first-order chi connectivity index (χ1) is 12.1. The number of benzene rings is 2. The summed E-state index contributed by atoms with van der Waals surface area (Å²) in [5, 5.41) is 0.573. The van der Waals surface area contributed by atoms with Crippen LogP contribution in [0.2, 0.25) is 0 Å². The van der Waals surface area contributed by atoms with Crippen molar-refractivity contribution in [2.45, 2.75) is 26.8 Å². The quantitative estimate of drug-likeness (QED) is 0.720. The van der Waals surface area contributed by atoms with E-state index in [2.05, 4.69) is 4.98 Å². The molecule has 5 nitrogen and oxygen atoms in total. The van der Waals surface area contributed by atoms with Gasteiger partial charge in [0.25, 0.3) is 5.56 Å².